The molecule has 1 heterocycles. The molecular formula is C18H21N3O3. The predicted octanol–water partition coefficient (Wildman–Crippen LogP) is 2.55. The molecule has 0 fully saturated rings. The molecule has 126 valence electrons. The van der Waals surface area contributed by atoms with Crippen LogP contribution in [-0.4, -0.2) is 30.0 Å². The van der Waals surface area contributed by atoms with E-state index in [1.165, 1.54) is 0 Å². The maximum Gasteiger partial charge on any atom is 0.220 e. The molecule has 0 aliphatic heterocycles. The Morgan fingerprint density at radius 2 is 1.92 bits per heavy atom. The molecule has 24 heavy (non-hydrogen) atoms. The number of anilines is 1. The highest BCUT2D eigenvalue weighted by Gasteiger charge is 2.30. The molecule has 0 amide bonds. The van der Waals surface area contributed by atoms with Gasteiger partial charge in [0.2, 0.25) is 5.95 Å². The molecule has 0 saturated carbocycles. The molecule has 1 aromatic heterocycles. The van der Waals surface area contributed by atoms with Crippen LogP contribution < -0.4 is 15.2 Å². The second kappa shape index (κ2) is 6.47. The zero-order valence-corrected chi connectivity index (χ0v) is 14.1. The van der Waals surface area contributed by atoms with Gasteiger partial charge in [-0.1, -0.05) is 13.0 Å². The Kier molecular flexibility index (Phi) is 4.38. The quantitative estimate of drug-likeness (QED) is 0.928. The van der Waals surface area contributed by atoms with E-state index in [4.69, 9.17) is 15.2 Å². The summed E-state index contributed by atoms with van der Waals surface area (Å²) in [7, 11) is 3.20. The van der Waals surface area contributed by atoms with Crippen LogP contribution in [0.4, 0.5) is 5.95 Å². The summed E-state index contributed by atoms with van der Waals surface area (Å²) in [5.41, 5.74) is 8.98. The number of aryl methyl sites for hydroxylation is 1. The average molecular weight is 327 g/mol. The number of nitrogen functional groups attached to an aromatic ring is 1. The molecule has 0 unspecified atom stereocenters. The van der Waals surface area contributed by atoms with Crippen LogP contribution in [0.3, 0.4) is 0 Å². The summed E-state index contributed by atoms with van der Waals surface area (Å²) in [6.07, 6.45) is 1.76. The zero-order valence-electron chi connectivity index (χ0n) is 14.1. The first-order valence-corrected chi connectivity index (χ1v) is 7.97. The molecule has 2 N–H and O–H groups in total. The topological polar surface area (TPSA) is 87.3 Å². The van der Waals surface area contributed by atoms with Gasteiger partial charge in [-0.05, 0) is 36.5 Å². The lowest BCUT2D eigenvalue weighted by molar-refractivity contribution is 0.0961. The molecule has 1 aliphatic rings. The molecule has 0 radical (unpaired) electrons. The van der Waals surface area contributed by atoms with Gasteiger partial charge >= 0.3 is 0 Å². The SMILES string of the molecule is CCc1nc(N)nc2c1C(=O)C[C@@H](c1ccc(OC)c(OC)c1)C2. The molecule has 6 heteroatoms. The van der Waals surface area contributed by atoms with Gasteiger partial charge in [-0.15, -0.1) is 0 Å². The molecule has 6 nitrogen and oxygen atoms in total. The maximum atomic E-state index is 12.7. The lowest BCUT2D eigenvalue weighted by Crippen LogP contribution is -2.23. The van der Waals surface area contributed by atoms with E-state index in [-0.39, 0.29) is 17.6 Å². The van der Waals surface area contributed by atoms with Crippen LogP contribution >= 0.6 is 0 Å². The number of hydrogen-bond donors (Lipinski definition) is 1. The van der Waals surface area contributed by atoms with Gasteiger partial charge in [0.1, 0.15) is 0 Å². The fourth-order valence-corrected chi connectivity index (χ4v) is 3.28. The Hall–Kier alpha value is -2.63. The molecule has 0 bridgehead atoms. The number of nitrogens with zero attached hydrogens (tertiary/aromatic N) is 2. The highest BCUT2D eigenvalue weighted by Crippen LogP contribution is 2.37. The van der Waals surface area contributed by atoms with E-state index >= 15 is 0 Å². The highest BCUT2D eigenvalue weighted by molar-refractivity contribution is 5.99. The smallest absolute Gasteiger partial charge is 0.220 e. The number of ketones is 1. The van der Waals surface area contributed by atoms with Crippen molar-refractivity contribution in [2.75, 3.05) is 20.0 Å². The molecule has 0 spiro atoms. The highest BCUT2D eigenvalue weighted by atomic mass is 16.5. The van der Waals surface area contributed by atoms with Crippen molar-refractivity contribution in [3.05, 3.63) is 40.7 Å². The number of benzene rings is 1. The Morgan fingerprint density at radius 3 is 2.58 bits per heavy atom. The first kappa shape index (κ1) is 16.2. The number of rotatable bonds is 4. The van der Waals surface area contributed by atoms with E-state index in [1.54, 1.807) is 14.2 Å². The van der Waals surface area contributed by atoms with Crippen molar-refractivity contribution in [1.82, 2.24) is 9.97 Å². The van der Waals surface area contributed by atoms with E-state index in [1.807, 2.05) is 25.1 Å². The number of nitrogens with two attached hydrogens (primary N) is 1. The summed E-state index contributed by atoms with van der Waals surface area (Å²) in [4.78, 5) is 21.2. The van der Waals surface area contributed by atoms with Gasteiger partial charge in [0.05, 0.1) is 31.2 Å². The Morgan fingerprint density at radius 1 is 1.17 bits per heavy atom. The second-order valence-corrected chi connectivity index (χ2v) is 5.85. The largest absolute Gasteiger partial charge is 0.493 e. The predicted molar refractivity (Wildman–Crippen MR) is 90.8 cm³/mol. The third kappa shape index (κ3) is 2.79. The van der Waals surface area contributed by atoms with Gasteiger partial charge < -0.3 is 15.2 Å². The fraction of sp³-hybridized carbons (Fsp3) is 0.389. The van der Waals surface area contributed by atoms with Crippen molar-refractivity contribution in [1.29, 1.82) is 0 Å². The molecule has 2 aromatic rings. The number of ether oxygens (including phenoxy) is 2. The molecule has 3 rings (SSSR count). The Bertz CT molecular complexity index is 789. The third-order valence-electron chi connectivity index (χ3n) is 4.44. The van der Waals surface area contributed by atoms with Crippen molar-refractivity contribution < 1.29 is 14.3 Å². The summed E-state index contributed by atoms with van der Waals surface area (Å²) < 4.78 is 10.6. The van der Waals surface area contributed by atoms with Crippen molar-refractivity contribution in [3.8, 4) is 11.5 Å². The van der Waals surface area contributed by atoms with Crippen LogP contribution in [-0.2, 0) is 12.8 Å². The van der Waals surface area contributed by atoms with Crippen LogP contribution in [0, 0.1) is 0 Å². The molecule has 0 saturated heterocycles. The maximum absolute atomic E-state index is 12.7. The standard InChI is InChI=1S/C18H21N3O3/c1-4-12-17-13(21-18(19)20-12)7-11(8-14(17)22)10-5-6-15(23-2)16(9-10)24-3/h5-6,9,11H,4,7-8H2,1-3H3,(H2,19,20,21)/t11-/m0/s1. The van der Waals surface area contributed by atoms with Crippen LogP contribution in [0.5, 0.6) is 11.5 Å². The monoisotopic (exact) mass is 327 g/mol. The average Bonchev–Trinajstić information content (AvgIpc) is 2.59. The number of hydrogen-bond acceptors (Lipinski definition) is 6. The van der Waals surface area contributed by atoms with Crippen molar-refractivity contribution in [2.24, 2.45) is 0 Å². The van der Waals surface area contributed by atoms with Gasteiger partial charge in [-0.2, -0.15) is 0 Å². The van der Waals surface area contributed by atoms with Crippen LogP contribution in [0.25, 0.3) is 0 Å². The Labute approximate surface area is 141 Å². The first-order valence-electron chi connectivity index (χ1n) is 7.97. The fourth-order valence-electron chi connectivity index (χ4n) is 3.28. The zero-order chi connectivity index (χ0) is 17.3. The first-order chi connectivity index (χ1) is 11.6. The van der Waals surface area contributed by atoms with Gasteiger partial charge in [-0.25, -0.2) is 9.97 Å². The summed E-state index contributed by atoms with van der Waals surface area (Å²) >= 11 is 0. The normalized spacial score (nSPS) is 16.6. The lowest BCUT2D eigenvalue weighted by atomic mass is 9.81. The number of aromatic nitrogens is 2. The van der Waals surface area contributed by atoms with Crippen molar-refractivity contribution in [3.63, 3.8) is 0 Å². The van der Waals surface area contributed by atoms with Gasteiger partial charge in [-0.3, -0.25) is 4.79 Å². The number of Topliss-reactive ketones (excluding diaryl/α,β-unsaturated/α-hetero) is 1. The van der Waals surface area contributed by atoms with Gasteiger partial charge in [0.15, 0.2) is 17.3 Å². The number of carbonyl (C=O) groups is 1. The molecule has 1 aromatic carbocycles. The Balaban J connectivity index is 1.99. The van der Waals surface area contributed by atoms with Gasteiger partial charge in [0.25, 0.3) is 0 Å². The van der Waals surface area contributed by atoms with E-state index < -0.39 is 0 Å². The molecule has 1 atom stereocenters. The number of fused-ring (bicyclic) bond motifs is 1. The van der Waals surface area contributed by atoms with E-state index in [0.29, 0.717) is 36.3 Å². The summed E-state index contributed by atoms with van der Waals surface area (Å²) in [5.74, 6) is 1.68. The van der Waals surface area contributed by atoms with Crippen LogP contribution in [0.15, 0.2) is 18.2 Å². The minimum absolute atomic E-state index is 0.0452. The number of carbonyl (C=O) groups excluding carboxylic acids is 1. The minimum Gasteiger partial charge on any atom is -0.493 e. The molecule has 1 aliphatic carbocycles. The van der Waals surface area contributed by atoms with Crippen molar-refractivity contribution in [2.45, 2.75) is 32.1 Å². The van der Waals surface area contributed by atoms with E-state index in [9.17, 15) is 4.79 Å². The molecular weight excluding hydrogens is 306 g/mol. The number of methoxy groups -OCH3 is 2. The second-order valence-electron chi connectivity index (χ2n) is 5.85. The van der Waals surface area contributed by atoms with Crippen molar-refractivity contribution >= 4 is 11.7 Å². The summed E-state index contributed by atoms with van der Waals surface area (Å²) in [6, 6.07) is 5.75. The van der Waals surface area contributed by atoms with Gasteiger partial charge in [0, 0.05) is 6.42 Å². The lowest BCUT2D eigenvalue weighted by Gasteiger charge is -2.25. The van der Waals surface area contributed by atoms with E-state index in [2.05, 4.69) is 9.97 Å². The third-order valence-corrected chi connectivity index (χ3v) is 4.44. The van der Waals surface area contributed by atoms with Crippen LogP contribution in [0.1, 0.15) is 46.6 Å². The minimum atomic E-state index is 0.0452. The summed E-state index contributed by atoms with van der Waals surface area (Å²) in [5, 5.41) is 0. The summed E-state index contributed by atoms with van der Waals surface area (Å²) in [6.45, 7) is 1.97. The van der Waals surface area contributed by atoms with Crippen LogP contribution in [0.2, 0.25) is 0 Å². The van der Waals surface area contributed by atoms with E-state index in [0.717, 1.165) is 17.0 Å².